The van der Waals surface area contributed by atoms with Gasteiger partial charge < -0.3 is 14.2 Å². The van der Waals surface area contributed by atoms with Gasteiger partial charge in [0, 0.05) is 12.8 Å². The van der Waals surface area contributed by atoms with Crippen LogP contribution in [0.15, 0.2) is 109 Å². The molecular weight excluding hydrogens is 817 g/mol. The van der Waals surface area contributed by atoms with E-state index in [0.29, 0.717) is 19.3 Å². The van der Waals surface area contributed by atoms with Crippen molar-refractivity contribution in [2.75, 3.05) is 13.2 Å². The normalized spacial score (nSPS) is 13.0. The minimum absolute atomic E-state index is 0.0903. The van der Waals surface area contributed by atoms with Gasteiger partial charge in [0.05, 0.1) is 6.42 Å². The van der Waals surface area contributed by atoms with Crippen LogP contribution in [-0.4, -0.2) is 37.2 Å². The van der Waals surface area contributed by atoms with Crippen LogP contribution in [-0.2, 0) is 28.6 Å². The molecule has 0 aliphatic rings. The van der Waals surface area contributed by atoms with Crippen LogP contribution in [0.3, 0.4) is 0 Å². The molecule has 374 valence electrons. The van der Waals surface area contributed by atoms with E-state index in [-0.39, 0.29) is 31.6 Å². The van der Waals surface area contributed by atoms with Gasteiger partial charge in [-0.05, 0) is 103 Å². The third-order valence-electron chi connectivity index (χ3n) is 11.0. The molecule has 0 aliphatic heterocycles. The van der Waals surface area contributed by atoms with Gasteiger partial charge in [0.15, 0.2) is 6.10 Å². The molecule has 0 amide bonds. The summed E-state index contributed by atoms with van der Waals surface area (Å²) in [5.74, 6) is -1.08. The third kappa shape index (κ3) is 51.1. The van der Waals surface area contributed by atoms with Gasteiger partial charge in [0.1, 0.15) is 13.2 Å². The van der Waals surface area contributed by atoms with Crippen LogP contribution in [0.5, 0.6) is 0 Å². The van der Waals surface area contributed by atoms with E-state index in [2.05, 4.69) is 118 Å². The number of rotatable bonds is 47. The number of hydrogen-bond donors (Lipinski definition) is 0. The van der Waals surface area contributed by atoms with Crippen molar-refractivity contribution in [1.82, 2.24) is 0 Å². The number of hydrogen-bond acceptors (Lipinski definition) is 6. The Labute approximate surface area is 406 Å². The average Bonchev–Trinajstić information content (AvgIpc) is 3.31. The van der Waals surface area contributed by atoms with Crippen molar-refractivity contribution in [3.05, 3.63) is 109 Å². The highest BCUT2D eigenvalue weighted by Crippen LogP contribution is 2.13. The summed E-state index contributed by atoms with van der Waals surface area (Å²) >= 11 is 0. The van der Waals surface area contributed by atoms with Gasteiger partial charge >= 0.3 is 17.9 Å². The van der Waals surface area contributed by atoms with Crippen molar-refractivity contribution in [3.63, 3.8) is 0 Å². The Bertz CT molecular complexity index is 1370. The van der Waals surface area contributed by atoms with Gasteiger partial charge in [0.25, 0.3) is 0 Å². The molecule has 1 unspecified atom stereocenters. The third-order valence-corrected chi connectivity index (χ3v) is 11.0. The fourth-order valence-corrected chi connectivity index (χ4v) is 7.00. The first kappa shape index (κ1) is 62.1. The first-order chi connectivity index (χ1) is 32.5. The fourth-order valence-electron chi connectivity index (χ4n) is 7.00. The molecule has 1 atom stereocenters. The molecule has 0 radical (unpaired) electrons. The van der Waals surface area contributed by atoms with E-state index in [0.717, 1.165) is 103 Å². The zero-order chi connectivity index (χ0) is 47.9. The van der Waals surface area contributed by atoms with Crippen LogP contribution >= 0.6 is 0 Å². The lowest BCUT2D eigenvalue weighted by Gasteiger charge is -2.18. The molecule has 0 spiro atoms. The second-order valence-corrected chi connectivity index (χ2v) is 17.4. The van der Waals surface area contributed by atoms with Gasteiger partial charge in [-0.25, -0.2) is 0 Å². The predicted octanol–water partition coefficient (Wildman–Crippen LogP) is 17.9. The van der Waals surface area contributed by atoms with E-state index in [9.17, 15) is 14.4 Å². The first-order valence-corrected chi connectivity index (χ1v) is 26.9. The van der Waals surface area contributed by atoms with E-state index < -0.39 is 12.1 Å². The Morgan fingerprint density at radius 3 is 1.08 bits per heavy atom. The van der Waals surface area contributed by atoms with Crippen molar-refractivity contribution >= 4 is 17.9 Å². The van der Waals surface area contributed by atoms with Crippen LogP contribution in [0.25, 0.3) is 0 Å². The fraction of sp³-hybridized carbons (Fsp3) is 0.650. The molecule has 0 rings (SSSR count). The highest BCUT2D eigenvalue weighted by molar-refractivity contribution is 5.72. The lowest BCUT2D eigenvalue weighted by Crippen LogP contribution is -2.30. The second kappa shape index (κ2) is 53.7. The van der Waals surface area contributed by atoms with Gasteiger partial charge in [-0.1, -0.05) is 220 Å². The summed E-state index contributed by atoms with van der Waals surface area (Å²) in [6.07, 6.45) is 72.5. The molecular formula is C60H98O6. The molecule has 0 aromatic carbocycles. The van der Waals surface area contributed by atoms with Crippen LogP contribution in [0.4, 0.5) is 0 Å². The van der Waals surface area contributed by atoms with Crippen LogP contribution in [0.2, 0.25) is 0 Å². The molecule has 0 fully saturated rings. The van der Waals surface area contributed by atoms with Gasteiger partial charge in [-0.15, -0.1) is 0 Å². The molecule has 6 heteroatoms. The lowest BCUT2D eigenvalue weighted by atomic mass is 10.1. The number of carbonyl (C=O) groups excluding carboxylic acids is 3. The van der Waals surface area contributed by atoms with E-state index >= 15 is 0 Å². The molecule has 0 saturated carbocycles. The molecule has 0 saturated heterocycles. The quantitative estimate of drug-likeness (QED) is 0.0262. The molecule has 66 heavy (non-hydrogen) atoms. The molecule has 0 aromatic rings. The van der Waals surface area contributed by atoms with Crippen LogP contribution < -0.4 is 0 Å². The summed E-state index contributed by atoms with van der Waals surface area (Å²) in [4.78, 5) is 37.9. The predicted molar refractivity (Wildman–Crippen MR) is 283 cm³/mol. The van der Waals surface area contributed by atoms with Gasteiger partial charge in [0.2, 0.25) is 0 Å². The zero-order valence-corrected chi connectivity index (χ0v) is 42.7. The standard InChI is InChI=1S/C60H98O6/c1-4-7-10-13-16-19-22-24-26-27-28-29-30-31-32-33-35-36-38-41-44-47-50-53-59(62)65-56-57(55-64-58(61)52-49-46-43-40-21-18-15-12-9-6-3)66-60(63)54-51-48-45-42-39-37-34-25-23-20-17-14-11-8-5-2/h8,11-12,15,17,20,22,24-25,27-28,30-31,34,39,42,48,51,57H,4-7,9-10,13-14,16,18-19,21,23,26,29,32-33,35-38,40-41,43-47,49-50,52-56H2,1-3H3/b11-8-,15-12-,20-17-,24-22-,28-27-,31-30-,34-25-,42-39-,51-48-. The monoisotopic (exact) mass is 915 g/mol. The van der Waals surface area contributed by atoms with Crippen molar-refractivity contribution in [2.45, 2.75) is 239 Å². The molecule has 0 bridgehead atoms. The SMILES string of the molecule is CC/C=C\C/C=C\C/C=C\C/C=C\C/C=C\CC(=O)OC(COC(=O)CCCCCCC/C=C\CCC)COC(=O)CCCCCCCCCC/C=C\C/C=C\C/C=C\CCCCCCC. The lowest BCUT2D eigenvalue weighted by molar-refractivity contribution is -0.166. The highest BCUT2D eigenvalue weighted by atomic mass is 16.6. The molecule has 0 aromatic heterocycles. The molecule has 0 aliphatic carbocycles. The largest absolute Gasteiger partial charge is 0.462 e. The number of unbranched alkanes of at least 4 members (excludes halogenated alkanes) is 19. The average molecular weight is 915 g/mol. The molecule has 0 N–H and O–H groups in total. The Balaban J connectivity index is 4.41. The number of allylic oxidation sites excluding steroid dienone is 17. The summed E-state index contributed by atoms with van der Waals surface area (Å²) in [7, 11) is 0. The molecule has 6 nitrogen and oxygen atoms in total. The maximum absolute atomic E-state index is 12.7. The van der Waals surface area contributed by atoms with Crippen molar-refractivity contribution in [1.29, 1.82) is 0 Å². The Morgan fingerprint density at radius 1 is 0.333 bits per heavy atom. The maximum Gasteiger partial charge on any atom is 0.310 e. The Kier molecular flexibility index (Phi) is 50.5. The highest BCUT2D eigenvalue weighted by Gasteiger charge is 2.19. The summed E-state index contributed by atoms with van der Waals surface area (Å²) in [5, 5.41) is 0. The Hall–Kier alpha value is -3.93. The second-order valence-electron chi connectivity index (χ2n) is 17.4. The van der Waals surface area contributed by atoms with Crippen molar-refractivity contribution in [3.8, 4) is 0 Å². The zero-order valence-electron chi connectivity index (χ0n) is 42.7. The molecule has 0 heterocycles. The summed E-state index contributed by atoms with van der Waals surface area (Å²) < 4.78 is 16.7. The maximum atomic E-state index is 12.7. The number of esters is 3. The minimum atomic E-state index is -0.840. The summed E-state index contributed by atoms with van der Waals surface area (Å²) in [6.45, 7) is 6.34. The van der Waals surface area contributed by atoms with Gasteiger partial charge in [-0.2, -0.15) is 0 Å². The van der Waals surface area contributed by atoms with E-state index in [1.165, 1.54) is 83.5 Å². The first-order valence-electron chi connectivity index (χ1n) is 26.9. The van der Waals surface area contributed by atoms with Gasteiger partial charge in [-0.3, -0.25) is 14.4 Å². The number of carbonyl (C=O) groups is 3. The summed E-state index contributed by atoms with van der Waals surface area (Å²) in [5.41, 5.74) is 0. The smallest absolute Gasteiger partial charge is 0.310 e. The van der Waals surface area contributed by atoms with Crippen molar-refractivity contribution in [2.24, 2.45) is 0 Å². The van der Waals surface area contributed by atoms with Crippen molar-refractivity contribution < 1.29 is 28.6 Å². The van der Waals surface area contributed by atoms with Crippen LogP contribution in [0, 0.1) is 0 Å². The van der Waals surface area contributed by atoms with E-state index in [4.69, 9.17) is 14.2 Å². The topological polar surface area (TPSA) is 78.9 Å². The van der Waals surface area contributed by atoms with E-state index in [1.807, 2.05) is 6.08 Å². The van der Waals surface area contributed by atoms with E-state index in [1.54, 1.807) is 6.08 Å². The number of ether oxygens (including phenoxy) is 3. The summed E-state index contributed by atoms with van der Waals surface area (Å²) in [6, 6.07) is 0. The van der Waals surface area contributed by atoms with Crippen LogP contribution in [0.1, 0.15) is 233 Å². The minimum Gasteiger partial charge on any atom is -0.462 e. The Morgan fingerprint density at radius 2 is 0.667 bits per heavy atom.